The van der Waals surface area contributed by atoms with Gasteiger partial charge in [0.2, 0.25) is 5.82 Å². The molecule has 1 aliphatic heterocycles. The van der Waals surface area contributed by atoms with Gasteiger partial charge in [-0.25, -0.2) is 22.0 Å². The molecule has 0 amide bonds. The second-order valence-electron chi connectivity index (χ2n) is 11.9. The van der Waals surface area contributed by atoms with E-state index >= 15 is 8.78 Å². The van der Waals surface area contributed by atoms with Crippen LogP contribution in [0.25, 0.3) is 5.57 Å². The SMILES string of the molecule is Oc1ccc(C2CCC(CCc3ccc(C4CC=C(c5ccc(C6CO6)c(F)c5F)CC4)c(F)c3F)CC2)c(F)c1F. The van der Waals surface area contributed by atoms with Crippen LogP contribution in [0, 0.1) is 40.8 Å². The second kappa shape index (κ2) is 11.8. The Labute approximate surface area is 241 Å². The number of epoxide rings is 1. The number of aromatic hydroxyl groups is 1. The fourth-order valence-corrected chi connectivity index (χ4v) is 6.75. The zero-order valence-electron chi connectivity index (χ0n) is 23.0. The van der Waals surface area contributed by atoms with Crippen LogP contribution in [0.15, 0.2) is 42.5 Å². The maximum Gasteiger partial charge on any atom is 0.200 e. The molecule has 222 valence electrons. The lowest BCUT2D eigenvalue weighted by molar-refractivity contribution is 0.302. The van der Waals surface area contributed by atoms with Gasteiger partial charge in [-0.05, 0) is 104 Å². The van der Waals surface area contributed by atoms with Crippen LogP contribution in [-0.4, -0.2) is 11.7 Å². The second-order valence-corrected chi connectivity index (χ2v) is 11.9. The number of allylic oxidation sites excluding steroid dienone is 2. The summed E-state index contributed by atoms with van der Waals surface area (Å²) in [6.07, 6.45) is 6.62. The first-order valence-corrected chi connectivity index (χ1v) is 14.6. The van der Waals surface area contributed by atoms with Crippen LogP contribution >= 0.6 is 0 Å². The highest BCUT2D eigenvalue weighted by atomic mass is 19.2. The van der Waals surface area contributed by atoms with E-state index in [2.05, 4.69) is 0 Å². The zero-order chi connectivity index (χ0) is 29.5. The molecule has 3 aromatic carbocycles. The molecule has 42 heavy (non-hydrogen) atoms. The van der Waals surface area contributed by atoms with E-state index < -0.39 is 40.7 Å². The summed E-state index contributed by atoms with van der Waals surface area (Å²) in [7, 11) is 0. The van der Waals surface area contributed by atoms with Crippen molar-refractivity contribution in [1.29, 1.82) is 0 Å². The van der Waals surface area contributed by atoms with Gasteiger partial charge in [-0.2, -0.15) is 4.39 Å². The molecule has 8 heteroatoms. The van der Waals surface area contributed by atoms with E-state index in [-0.39, 0.29) is 40.5 Å². The predicted molar refractivity (Wildman–Crippen MR) is 147 cm³/mol. The number of hydrogen-bond acceptors (Lipinski definition) is 2. The molecule has 2 atom stereocenters. The molecular weight excluding hydrogens is 554 g/mol. The van der Waals surface area contributed by atoms with Crippen molar-refractivity contribution in [1.82, 2.24) is 0 Å². The lowest BCUT2D eigenvalue weighted by atomic mass is 9.76. The summed E-state index contributed by atoms with van der Waals surface area (Å²) in [6.45, 7) is 0.385. The lowest BCUT2D eigenvalue weighted by Gasteiger charge is -2.29. The number of hydrogen-bond donors (Lipinski definition) is 1. The number of rotatable bonds is 7. The van der Waals surface area contributed by atoms with E-state index in [1.54, 1.807) is 30.3 Å². The van der Waals surface area contributed by atoms with E-state index in [4.69, 9.17) is 4.74 Å². The van der Waals surface area contributed by atoms with E-state index in [1.807, 2.05) is 0 Å². The topological polar surface area (TPSA) is 32.8 Å². The number of benzene rings is 3. The van der Waals surface area contributed by atoms with Crippen molar-refractivity contribution >= 4 is 5.57 Å². The Morgan fingerprint density at radius 1 is 0.667 bits per heavy atom. The van der Waals surface area contributed by atoms with Crippen LogP contribution in [0.5, 0.6) is 5.75 Å². The summed E-state index contributed by atoms with van der Waals surface area (Å²) in [4.78, 5) is 0. The van der Waals surface area contributed by atoms with Gasteiger partial charge in [0.25, 0.3) is 0 Å². The van der Waals surface area contributed by atoms with Crippen molar-refractivity contribution < 1.29 is 36.2 Å². The van der Waals surface area contributed by atoms with Crippen molar-refractivity contribution in [3.63, 3.8) is 0 Å². The molecule has 6 rings (SSSR count). The smallest absolute Gasteiger partial charge is 0.200 e. The minimum Gasteiger partial charge on any atom is -0.505 e. The average molecular weight is 587 g/mol. The number of aryl methyl sites for hydroxylation is 1. The molecule has 0 radical (unpaired) electrons. The highest BCUT2D eigenvalue weighted by Gasteiger charge is 2.32. The van der Waals surface area contributed by atoms with Gasteiger partial charge in [-0.15, -0.1) is 0 Å². The fourth-order valence-electron chi connectivity index (χ4n) is 6.75. The molecule has 1 saturated heterocycles. The van der Waals surface area contributed by atoms with Crippen molar-refractivity contribution in [3.8, 4) is 5.75 Å². The summed E-state index contributed by atoms with van der Waals surface area (Å²) in [5, 5.41) is 9.37. The van der Waals surface area contributed by atoms with Crippen LogP contribution in [0.2, 0.25) is 0 Å². The number of ether oxygens (including phenoxy) is 1. The van der Waals surface area contributed by atoms with Gasteiger partial charge < -0.3 is 9.84 Å². The molecule has 2 aliphatic carbocycles. The Bertz CT molecular complexity index is 1520. The molecule has 2 nitrogen and oxygen atoms in total. The van der Waals surface area contributed by atoms with Crippen molar-refractivity contribution in [2.45, 2.75) is 75.7 Å². The molecule has 1 N–H and O–H groups in total. The molecule has 2 fully saturated rings. The summed E-state index contributed by atoms with van der Waals surface area (Å²) >= 11 is 0. The Morgan fingerprint density at radius 2 is 1.31 bits per heavy atom. The van der Waals surface area contributed by atoms with Crippen LogP contribution in [-0.2, 0) is 11.2 Å². The van der Waals surface area contributed by atoms with E-state index in [0.717, 1.165) is 12.8 Å². The van der Waals surface area contributed by atoms with Gasteiger partial charge in [-0.1, -0.05) is 36.4 Å². The number of phenolic OH excluding ortho intramolecular Hbond substituents is 1. The summed E-state index contributed by atoms with van der Waals surface area (Å²) in [5.41, 5.74) is 1.97. The van der Waals surface area contributed by atoms with Crippen molar-refractivity contribution in [2.75, 3.05) is 6.61 Å². The highest BCUT2D eigenvalue weighted by molar-refractivity contribution is 5.67. The molecular formula is C34H32F6O2. The molecule has 3 aromatic rings. The van der Waals surface area contributed by atoms with Gasteiger partial charge in [0.15, 0.2) is 34.8 Å². The third-order valence-corrected chi connectivity index (χ3v) is 9.38. The third kappa shape index (κ3) is 5.58. The Kier molecular flexibility index (Phi) is 8.09. The molecule has 0 aromatic heterocycles. The quantitative estimate of drug-likeness (QED) is 0.221. The third-order valence-electron chi connectivity index (χ3n) is 9.38. The first kappa shape index (κ1) is 28.8. The fraction of sp³-hybridized carbons (Fsp3) is 0.412. The highest BCUT2D eigenvalue weighted by Crippen LogP contribution is 2.42. The van der Waals surface area contributed by atoms with E-state index in [9.17, 15) is 22.7 Å². The zero-order valence-corrected chi connectivity index (χ0v) is 23.0. The average Bonchev–Trinajstić information content (AvgIpc) is 3.84. The van der Waals surface area contributed by atoms with Gasteiger partial charge in [0, 0.05) is 11.1 Å². The van der Waals surface area contributed by atoms with Gasteiger partial charge in [0.05, 0.1) is 6.61 Å². The Balaban J connectivity index is 1.06. The minimum absolute atomic E-state index is 0.137. The molecule has 3 aliphatic rings. The predicted octanol–water partition coefficient (Wildman–Crippen LogP) is 9.56. The van der Waals surface area contributed by atoms with Gasteiger partial charge >= 0.3 is 0 Å². The van der Waals surface area contributed by atoms with Crippen molar-refractivity contribution in [2.24, 2.45) is 5.92 Å². The first-order chi connectivity index (χ1) is 20.2. The molecule has 1 saturated carbocycles. The van der Waals surface area contributed by atoms with Gasteiger partial charge in [-0.3, -0.25) is 0 Å². The molecule has 2 unspecified atom stereocenters. The van der Waals surface area contributed by atoms with Crippen LogP contribution in [0.1, 0.15) is 97.1 Å². The lowest BCUT2D eigenvalue weighted by Crippen LogP contribution is -2.16. The van der Waals surface area contributed by atoms with Crippen LogP contribution in [0.4, 0.5) is 26.3 Å². The van der Waals surface area contributed by atoms with Gasteiger partial charge in [0.1, 0.15) is 6.10 Å². The van der Waals surface area contributed by atoms with E-state index in [0.29, 0.717) is 68.3 Å². The first-order valence-electron chi connectivity index (χ1n) is 14.6. The molecule has 0 spiro atoms. The Hall–Kier alpha value is -3.26. The monoisotopic (exact) mass is 586 g/mol. The largest absolute Gasteiger partial charge is 0.505 e. The minimum atomic E-state index is -1.22. The Morgan fingerprint density at radius 3 is 2.00 bits per heavy atom. The molecule has 0 bridgehead atoms. The normalized spacial score (nSPS) is 24.0. The number of halogens is 6. The maximum absolute atomic E-state index is 15.2. The summed E-state index contributed by atoms with van der Waals surface area (Å²) < 4.78 is 92.7. The van der Waals surface area contributed by atoms with Crippen LogP contribution in [0.3, 0.4) is 0 Å². The summed E-state index contributed by atoms with van der Waals surface area (Å²) in [5.74, 6) is -6.54. The standard InChI is InChI=1S/C34H32F6O2/c35-29-22(6-3-18-1-4-19(5-2-18)25-15-16-27(41)34(40)32(25)38)11-12-23(30(29)36)20-7-9-21(10-8-20)24-13-14-26(28-17-42-28)33(39)31(24)37/h9,11-16,18-20,28,41H,1-8,10,17H2. The molecule has 1 heterocycles. The maximum atomic E-state index is 15.2. The van der Waals surface area contributed by atoms with Crippen LogP contribution < -0.4 is 0 Å². The van der Waals surface area contributed by atoms with E-state index in [1.165, 1.54) is 12.1 Å². The number of phenols is 1. The van der Waals surface area contributed by atoms with Crippen molar-refractivity contribution in [3.05, 3.63) is 105 Å². The summed E-state index contributed by atoms with van der Waals surface area (Å²) in [6, 6.07) is 9.00.